The summed E-state index contributed by atoms with van der Waals surface area (Å²) in [6, 6.07) is 10.6. The second-order valence-corrected chi connectivity index (χ2v) is 6.77. The number of benzene rings is 2. The third-order valence-corrected chi connectivity index (χ3v) is 4.59. The van der Waals surface area contributed by atoms with Crippen molar-refractivity contribution in [2.45, 2.75) is 13.8 Å². The highest BCUT2D eigenvalue weighted by molar-refractivity contribution is 9.10. The standard InChI is InChI=1S/C20H17BrN2O4/c1-3-27-20(26)15-10-22-18-14(8-12(19(24)25)9-16(18)21)17(15)23-13-6-4-11(2)5-7-13/h4-10H,3H2,1-2H3,(H,22,23)(H,24,25). The quantitative estimate of drug-likeness (QED) is 0.560. The summed E-state index contributed by atoms with van der Waals surface area (Å²) in [5.41, 5.74) is 3.18. The molecule has 3 aromatic rings. The van der Waals surface area contributed by atoms with Gasteiger partial charge in [-0.3, -0.25) is 4.98 Å². The number of carboxylic acids is 1. The number of fused-ring (bicyclic) bond motifs is 1. The van der Waals surface area contributed by atoms with Gasteiger partial charge in [0.05, 0.1) is 23.4 Å². The van der Waals surface area contributed by atoms with E-state index in [-0.39, 0.29) is 17.7 Å². The Hall–Kier alpha value is -2.93. The average Bonchev–Trinajstić information content (AvgIpc) is 2.64. The van der Waals surface area contributed by atoms with E-state index in [9.17, 15) is 14.7 Å². The molecule has 0 fully saturated rings. The zero-order valence-corrected chi connectivity index (χ0v) is 16.3. The smallest absolute Gasteiger partial charge is 0.341 e. The van der Waals surface area contributed by atoms with Crippen molar-refractivity contribution in [1.82, 2.24) is 4.98 Å². The van der Waals surface area contributed by atoms with Crippen molar-refractivity contribution >= 4 is 50.1 Å². The molecule has 1 heterocycles. The molecule has 0 atom stereocenters. The molecule has 0 unspecified atom stereocenters. The first kappa shape index (κ1) is 18.8. The lowest BCUT2D eigenvalue weighted by atomic mass is 10.1. The van der Waals surface area contributed by atoms with Gasteiger partial charge in [-0.15, -0.1) is 0 Å². The lowest BCUT2D eigenvalue weighted by molar-refractivity contribution is 0.0526. The number of hydrogen-bond donors (Lipinski definition) is 2. The SMILES string of the molecule is CCOC(=O)c1cnc2c(Br)cc(C(=O)O)cc2c1Nc1ccc(C)cc1. The summed E-state index contributed by atoms with van der Waals surface area (Å²) in [5, 5.41) is 13.1. The lowest BCUT2D eigenvalue weighted by Gasteiger charge is -2.15. The minimum Gasteiger partial charge on any atom is -0.478 e. The number of nitrogens with one attached hydrogen (secondary N) is 1. The molecule has 1 aromatic heterocycles. The van der Waals surface area contributed by atoms with Crippen molar-refractivity contribution < 1.29 is 19.4 Å². The number of carbonyl (C=O) groups excluding carboxylic acids is 1. The molecule has 7 heteroatoms. The van der Waals surface area contributed by atoms with Crippen molar-refractivity contribution in [2.75, 3.05) is 11.9 Å². The Morgan fingerprint density at radius 2 is 1.93 bits per heavy atom. The van der Waals surface area contributed by atoms with Crippen molar-refractivity contribution in [2.24, 2.45) is 0 Å². The van der Waals surface area contributed by atoms with Crippen LogP contribution in [-0.2, 0) is 4.74 Å². The molecule has 0 amide bonds. The number of carboxylic acid groups (broad SMARTS) is 1. The monoisotopic (exact) mass is 428 g/mol. The van der Waals surface area contributed by atoms with E-state index in [4.69, 9.17) is 4.74 Å². The number of aryl methyl sites for hydroxylation is 1. The molecule has 0 radical (unpaired) electrons. The number of nitrogens with zero attached hydrogens (tertiary/aromatic N) is 1. The predicted octanol–water partition coefficient (Wildman–Crippen LogP) is 4.92. The maximum Gasteiger partial charge on any atom is 0.341 e. The lowest BCUT2D eigenvalue weighted by Crippen LogP contribution is -2.10. The zero-order valence-electron chi connectivity index (χ0n) is 14.7. The van der Waals surface area contributed by atoms with Gasteiger partial charge in [-0.05, 0) is 54.0 Å². The van der Waals surface area contributed by atoms with E-state index in [2.05, 4.69) is 26.2 Å². The number of aromatic nitrogens is 1. The minimum atomic E-state index is -1.07. The Morgan fingerprint density at radius 3 is 2.56 bits per heavy atom. The van der Waals surface area contributed by atoms with Crippen molar-refractivity contribution in [3.8, 4) is 0 Å². The summed E-state index contributed by atoms with van der Waals surface area (Å²) in [5.74, 6) is -1.60. The largest absolute Gasteiger partial charge is 0.478 e. The van der Waals surface area contributed by atoms with Crippen LogP contribution >= 0.6 is 15.9 Å². The first-order valence-electron chi connectivity index (χ1n) is 8.27. The number of halogens is 1. The van der Waals surface area contributed by atoms with Crippen LogP contribution in [0.15, 0.2) is 47.1 Å². The zero-order chi connectivity index (χ0) is 19.6. The summed E-state index contributed by atoms with van der Waals surface area (Å²) < 4.78 is 5.66. The van der Waals surface area contributed by atoms with E-state index >= 15 is 0 Å². The fourth-order valence-electron chi connectivity index (χ4n) is 2.66. The highest BCUT2D eigenvalue weighted by Crippen LogP contribution is 2.34. The van der Waals surface area contributed by atoms with Crippen LogP contribution < -0.4 is 5.32 Å². The fraction of sp³-hybridized carbons (Fsp3) is 0.150. The Morgan fingerprint density at radius 1 is 1.22 bits per heavy atom. The molecule has 0 aliphatic carbocycles. The highest BCUT2D eigenvalue weighted by Gasteiger charge is 2.20. The number of anilines is 2. The van der Waals surface area contributed by atoms with Gasteiger partial charge in [0.1, 0.15) is 5.56 Å². The molecule has 0 saturated heterocycles. The van der Waals surface area contributed by atoms with E-state index in [0.29, 0.717) is 21.1 Å². The van der Waals surface area contributed by atoms with Gasteiger partial charge in [0.2, 0.25) is 0 Å². The van der Waals surface area contributed by atoms with E-state index in [1.807, 2.05) is 31.2 Å². The number of pyridine rings is 1. The number of hydrogen-bond acceptors (Lipinski definition) is 5. The van der Waals surface area contributed by atoms with Crippen molar-refractivity contribution in [3.05, 3.63) is 63.8 Å². The molecule has 0 spiro atoms. The first-order valence-corrected chi connectivity index (χ1v) is 9.06. The van der Waals surface area contributed by atoms with Gasteiger partial charge in [-0.2, -0.15) is 0 Å². The number of aromatic carboxylic acids is 1. The Labute approximate surface area is 164 Å². The molecule has 6 nitrogen and oxygen atoms in total. The number of carbonyl (C=O) groups is 2. The summed E-state index contributed by atoms with van der Waals surface area (Å²) in [6.07, 6.45) is 1.43. The predicted molar refractivity (Wildman–Crippen MR) is 107 cm³/mol. The van der Waals surface area contributed by atoms with Gasteiger partial charge in [0.25, 0.3) is 0 Å². The molecule has 2 aromatic carbocycles. The average molecular weight is 429 g/mol. The third kappa shape index (κ3) is 3.93. The van der Waals surface area contributed by atoms with E-state index in [0.717, 1.165) is 11.3 Å². The Kier molecular flexibility index (Phi) is 5.41. The van der Waals surface area contributed by atoms with E-state index in [1.54, 1.807) is 6.92 Å². The normalized spacial score (nSPS) is 10.6. The van der Waals surface area contributed by atoms with Crippen molar-refractivity contribution in [1.29, 1.82) is 0 Å². The third-order valence-electron chi connectivity index (χ3n) is 3.99. The van der Waals surface area contributed by atoms with Crippen molar-refractivity contribution in [3.63, 3.8) is 0 Å². The molecular formula is C20H17BrN2O4. The summed E-state index contributed by atoms with van der Waals surface area (Å²) in [7, 11) is 0. The summed E-state index contributed by atoms with van der Waals surface area (Å²) in [4.78, 5) is 28.2. The molecule has 0 bridgehead atoms. The first-order chi connectivity index (χ1) is 12.9. The van der Waals surface area contributed by atoms with E-state index in [1.165, 1.54) is 18.3 Å². The summed E-state index contributed by atoms with van der Waals surface area (Å²) in [6.45, 7) is 3.92. The number of rotatable bonds is 5. The van der Waals surface area contributed by atoms with E-state index < -0.39 is 11.9 Å². The van der Waals surface area contributed by atoms with Crippen LogP contribution in [0.5, 0.6) is 0 Å². The molecule has 2 N–H and O–H groups in total. The van der Waals surface area contributed by atoms with Gasteiger partial charge in [0.15, 0.2) is 0 Å². The molecule has 0 aliphatic rings. The van der Waals surface area contributed by atoms with Crippen LogP contribution in [0.1, 0.15) is 33.2 Å². The van der Waals surface area contributed by atoms with Gasteiger partial charge < -0.3 is 15.2 Å². The molecule has 27 heavy (non-hydrogen) atoms. The van der Waals surface area contributed by atoms with Gasteiger partial charge in [0, 0.05) is 21.7 Å². The van der Waals surface area contributed by atoms with Gasteiger partial charge in [-0.1, -0.05) is 17.7 Å². The number of esters is 1. The molecule has 138 valence electrons. The Balaban J connectivity index is 2.25. The highest BCUT2D eigenvalue weighted by atomic mass is 79.9. The topological polar surface area (TPSA) is 88.5 Å². The fourth-order valence-corrected chi connectivity index (χ4v) is 3.23. The van der Waals surface area contributed by atoms with Crippen LogP contribution in [0.2, 0.25) is 0 Å². The maximum atomic E-state index is 12.4. The number of ether oxygens (including phenoxy) is 1. The summed E-state index contributed by atoms with van der Waals surface area (Å²) >= 11 is 3.37. The van der Waals surface area contributed by atoms with Crippen LogP contribution in [0.3, 0.4) is 0 Å². The second kappa shape index (κ2) is 7.75. The van der Waals surface area contributed by atoms with Gasteiger partial charge in [-0.25, -0.2) is 9.59 Å². The van der Waals surface area contributed by atoms with Crippen LogP contribution in [0.25, 0.3) is 10.9 Å². The van der Waals surface area contributed by atoms with Crippen LogP contribution in [-0.4, -0.2) is 28.6 Å². The second-order valence-electron chi connectivity index (χ2n) is 5.92. The maximum absolute atomic E-state index is 12.4. The van der Waals surface area contributed by atoms with Crippen LogP contribution in [0, 0.1) is 6.92 Å². The molecule has 0 aliphatic heterocycles. The molecular weight excluding hydrogens is 412 g/mol. The molecule has 0 saturated carbocycles. The Bertz CT molecular complexity index is 1030. The van der Waals surface area contributed by atoms with Gasteiger partial charge >= 0.3 is 11.9 Å². The minimum absolute atomic E-state index is 0.0872. The van der Waals surface area contributed by atoms with Crippen LogP contribution in [0.4, 0.5) is 11.4 Å². The molecule has 3 rings (SSSR count).